The molecule has 3 aromatic rings. The lowest BCUT2D eigenvalue weighted by atomic mass is 10.1. The third kappa shape index (κ3) is 2.54. The van der Waals surface area contributed by atoms with E-state index in [9.17, 15) is 0 Å². The van der Waals surface area contributed by atoms with E-state index in [4.69, 9.17) is 4.98 Å². The maximum atomic E-state index is 4.77. The second kappa shape index (κ2) is 5.36. The van der Waals surface area contributed by atoms with E-state index in [1.165, 1.54) is 22.0 Å². The van der Waals surface area contributed by atoms with Gasteiger partial charge in [0.15, 0.2) is 0 Å². The van der Waals surface area contributed by atoms with Crippen molar-refractivity contribution in [2.24, 2.45) is 7.05 Å². The molecule has 1 aliphatic rings. The maximum absolute atomic E-state index is 4.77. The highest BCUT2D eigenvalue weighted by Crippen LogP contribution is 2.28. The van der Waals surface area contributed by atoms with E-state index in [-0.39, 0.29) is 0 Å². The minimum atomic E-state index is 0.915. The average Bonchev–Trinajstić information content (AvgIpc) is 3.20. The molecule has 4 rings (SSSR count). The molecule has 0 unspecified atom stereocenters. The Bertz CT molecular complexity index is 742. The van der Waals surface area contributed by atoms with Gasteiger partial charge >= 0.3 is 0 Å². The van der Waals surface area contributed by atoms with Gasteiger partial charge in [-0.3, -0.25) is 4.90 Å². The van der Waals surface area contributed by atoms with Crippen LogP contribution in [-0.4, -0.2) is 26.0 Å². The van der Waals surface area contributed by atoms with Gasteiger partial charge in [-0.05, 0) is 11.4 Å². The molecule has 0 atom stereocenters. The zero-order chi connectivity index (χ0) is 14.2. The maximum Gasteiger partial charge on any atom is 0.133 e. The van der Waals surface area contributed by atoms with Crippen LogP contribution in [0.25, 0.3) is 9.88 Å². The lowest BCUT2D eigenvalue weighted by molar-refractivity contribution is 0.238. The van der Waals surface area contributed by atoms with Crippen molar-refractivity contribution in [3.05, 3.63) is 46.3 Å². The van der Waals surface area contributed by atoms with Gasteiger partial charge in [0.25, 0.3) is 0 Å². The summed E-state index contributed by atoms with van der Waals surface area (Å²) in [5.74, 6) is 0. The molecule has 6 heteroatoms. The zero-order valence-corrected chi connectivity index (χ0v) is 13.5. The average molecular weight is 316 g/mol. The summed E-state index contributed by atoms with van der Waals surface area (Å²) in [4.78, 5) is 13.0. The highest BCUT2D eigenvalue weighted by molar-refractivity contribution is 7.20. The molecule has 0 aromatic carbocycles. The molecule has 0 bridgehead atoms. The van der Waals surface area contributed by atoms with Gasteiger partial charge < -0.3 is 4.57 Å². The third-order valence-electron chi connectivity index (χ3n) is 3.85. The van der Waals surface area contributed by atoms with Gasteiger partial charge in [0, 0.05) is 44.2 Å². The van der Waals surface area contributed by atoms with E-state index in [1.807, 2.05) is 6.33 Å². The van der Waals surface area contributed by atoms with E-state index in [0.717, 1.165) is 31.1 Å². The first-order chi connectivity index (χ1) is 10.3. The van der Waals surface area contributed by atoms with Crippen LogP contribution >= 0.6 is 22.7 Å². The summed E-state index contributed by atoms with van der Waals surface area (Å²) in [5, 5.41) is 5.42. The molecule has 0 radical (unpaired) electrons. The summed E-state index contributed by atoms with van der Waals surface area (Å²) in [5.41, 5.74) is 3.77. The SMILES string of the molecule is Cn1cnc2c1CCN(Cc1csc(-c3cccs3)n1)C2. The van der Waals surface area contributed by atoms with Crippen molar-refractivity contribution in [1.29, 1.82) is 0 Å². The number of hydrogen-bond donors (Lipinski definition) is 0. The van der Waals surface area contributed by atoms with Gasteiger partial charge in [0.2, 0.25) is 0 Å². The van der Waals surface area contributed by atoms with Crippen LogP contribution in [0.5, 0.6) is 0 Å². The summed E-state index contributed by atoms with van der Waals surface area (Å²) < 4.78 is 2.14. The molecule has 0 N–H and O–H groups in total. The van der Waals surface area contributed by atoms with Gasteiger partial charge in [0.1, 0.15) is 5.01 Å². The van der Waals surface area contributed by atoms with Crippen molar-refractivity contribution < 1.29 is 0 Å². The minimum absolute atomic E-state index is 0.915. The molecule has 1 aliphatic heterocycles. The highest BCUT2D eigenvalue weighted by Gasteiger charge is 2.20. The lowest BCUT2D eigenvalue weighted by Gasteiger charge is -2.25. The molecule has 3 aromatic heterocycles. The van der Waals surface area contributed by atoms with Gasteiger partial charge in [-0.1, -0.05) is 6.07 Å². The topological polar surface area (TPSA) is 34.0 Å². The summed E-state index contributed by atoms with van der Waals surface area (Å²) in [6.07, 6.45) is 3.00. The second-order valence-corrected chi connectivity index (χ2v) is 7.14. The van der Waals surface area contributed by atoms with Crippen LogP contribution in [0, 0.1) is 0 Å². The number of aryl methyl sites for hydroxylation is 1. The molecule has 0 spiro atoms. The molecule has 4 nitrogen and oxygen atoms in total. The van der Waals surface area contributed by atoms with Gasteiger partial charge in [-0.15, -0.1) is 22.7 Å². The smallest absolute Gasteiger partial charge is 0.133 e. The standard InChI is InChI=1S/C15H16N4S2/c1-18-10-16-12-8-19(5-4-13(12)18)7-11-9-21-15(17-11)14-3-2-6-20-14/h2-3,6,9-10H,4-5,7-8H2,1H3. The predicted octanol–water partition coefficient (Wildman–Crippen LogP) is 3.16. The van der Waals surface area contributed by atoms with Crippen LogP contribution in [-0.2, 0) is 26.6 Å². The molecule has 0 saturated heterocycles. The van der Waals surface area contributed by atoms with Gasteiger partial charge in [0.05, 0.1) is 22.6 Å². The van der Waals surface area contributed by atoms with Crippen molar-refractivity contribution in [2.45, 2.75) is 19.5 Å². The lowest BCUT2D eigenvalue weighted by Crippen LogP contribution is -2.30. The molecular weight excluding hydrogens is 300 g/mol. The number of aromatic nitrogens is 3. The molecule has 108 valence electrons. The Kier molecular flexibility index (Phi) is 3.37. The normalized spacial score (nSPS) is 15.3. The number of thiazole rings is 1. The predicted molar refractivity (Wildman–Crippen MR) is 86.5 cm³/mol. The Hall–Kier alpha value is -1.50. The molecule has 0 amide bonds. The summed E-state index contributed by atoms with van der Waals surface area (Å²) >= 11 is 3.49. The molecule has 21 heavy (non-hydrogen) atoms. The second-order valence-electron chi connectivity index (χ2n) is 5.33. The first-order valence-corrected chi connectivity index (χ1v) is 8.75. The van der Waals surface area contributed by atoms with Crippen molar-refractivity contribution in [2.75, 3.05) is 6.54 Å². The monoisotopic (exact) mass is 316 g/mol. The molecule has 0 aliphatic carbocycles. The van der Waals surface area contributed by atoms with E-state index in [1.54, 1.807) is 22.7 Å². The summed E-state index contributed by atoms with van der Waals surface area (Å²) in [7, 11) is 2.08. The van der Waals surface area contributed by atoms with E-state index in [0.29, 0.717) is 0 Å². The summed E-state index contributed by atoms with van der Waals surface area (Å²) in [6, 6.07) is 4.21. The fourth-order valence-corrected chi connectivity index (χ4v) is 4.39. The molecular formula is C15H16N4S2. The number of nitrogens with zero attached hydrogens (tertiary/aromatic N) is 4. The van der Waals surface area contributed by atoms with Gasteiger partial charge in [-0.25, -0.2) is 9.97 Å². The fraction of sp³-hybridized carbons (Fsp3) is 0.333. The first kappa shape index (κ1) is 13.2. The number of imidazole rings is 1. The highest BCUT2D eigenvalue weighted by atomic mass is 32.1. The van der Waals surface area contributed by atoms with Crippen molar-refractivity contribution in [3.8, 4) is 9.88 Å². The van der Waals surface area contributed by atoms with Crippen molar-refractivity contribution in [3.63, 3.8) is 0 Å². The Morgan fingerprint density at radius 1 is 1.33 bits per heavy atom. The number of fused-ring (bicyclic) bond motifs is 1. The van der Waals surface area contributed by atoms with Gasteiger partial charge in [-0.2, -0.15) is 0 Å². The largest absolute Gasteiger partial charge is 0.337 e. The van der Waals surface area contributed by atoms with E-state index >= 15 is 0 Å². The number of hydrogen-bond acceptors (Lipinski definition) is 5. The quantitative estimate of drug-likeness (QED) is 0.744. The Labute approximate surface area is 131 Å². The zero-order valence-electron chi connectivity index (χ0n) is 11.8. The Morgan fingerprint density at radius 2 is 2.29 bits per heavy atom. The van der Waals surface area contributed by atoms with Crippen LogP contribution in [0.4, 0.5) is 0 Å². The van der Waals surface area contributed by atoms with Crippen LogP contribution in [0.1, 0.15) is 17.1 Å². The van der Waals surface area contributed by atoms with Crippen molar-refractivity contribution >= 4 is 22.7 Å². The number of rotatable bonds is 3. The Morgan fingerprint density at radius 3 is 3.14 bits per heavy atom. The van der Waals surface area contributed by atoms with Crippen molar-refractivity contribution in [1.82, 2.24) is 19.4 Å². The van der Waals surface area contributed by atoms with Crippen LogP contribution in [0.2, 0.25) is 0 Å². The van der Waals surface area contributed by atoms with Crippen LogP contribution < -0.4 is 0 Å². The van der Waals surface area contributed by atoms with E-state index in [2.05, 4.69) is 44.4 Å². The fourth-order valence-electron chi connectivity index (χ4n) is 2.77. The van der Waals surface area contributed by atoms with E-state index < -0.39 is 0 Å². The first-order valence-electron chi connectivity index (χ1n) is 6.99. The van der Waals surface area contributed by atoms with Crippen LogP contribution in [0.3, 0.4) is 0 Å². The Balaban J connectivity index is 1.48. The molecule has 0 fully saturated rings. The minimum Gasteiger partial charge on any atom is -0.337 e. The van der Waals surface area contributed by atoms with Crippen LogP contribution in [0.15, 0.2) is 29.2 Å². The molecule has 4 heterocycles. The molecule has 0 saturated carbocycles. The number of thiophene rings is 1. The third-order valence-corrected chi connectivity index (χ3v) is 5.78. The summed E-state index contributed by atoms with van der Waals surface area (Å²) in [6.45, 7) is 2.93.